The van der Waals surface area contributed by atoms with E-state index in [0.717, 1.165) is 31.0 Å². The van der Waals surface area contributed by atoms with Gasteiger partial charge in [0, 0.05) is 13.0 Å². The molecule has 1 rings (SSSR count). The van der Waals surface area contributed by atoms with Gasteiger partial charge in [0.25, 0.3) is 0 Å². The van der Waals surface area contributed by atoms with Gasteiger partial charge >= 0.3 is 0 Å². The number of hydrogen-bond donors (Lipinski definition) is 1. The fourth-order valence-corrected chi connectivity index (χ4v) is 2.46. The molecule has 0 aliphatic carbocycles. The summed E-state index contributed by atoms with van der Waals surface area (Å²) in [6, 6.07) is 0. The highest BCUT2D eigenvalue weighted by Crippen LogP contribution is 2.22. The molecule has 0 saturated heterocycles. The number of aromatic nitrogens is 2. The summed E-state index contributed by atoms with van der Waals surface area (Å²) >= 11 is 2.36. The Morgan fingerprint density at radius 1 is 1.06 bits per heavy atom. The molecule has 0 aliphatic heterocycles. The van der Waals surface area contributed by atoms with Crippen LogP contribution in [0.2, 0.25) is 0 Å². The number of anilines is 1. The SMILES string of the molecule is CCNc1nc(CC(C)C)nc(CC(C)C)c1I. The summed E-state index contributed by atoms with van der Waals surface area (Å²) in [6.07, 6.45) is 1.96. The summed E-state index contributed by atoms with van der Waals surface area (Å²) in [7, 11) is 0. The van der Waals surface area contributed by atoms with Gasteiger partial charge in [-0.25, -0.2) is 9.97 Å². The summed E-state index contributed by atoms with van der Waals surface area (Å²) in [6.45, 7) is 11.9. The third-order valence-electron chi connectivity index (χ3n) is 2.50. The van der Waals surface area contributed by atoms with E-state index in [1.165, 1.54) is 9.26 Å². The molecular weight excluding hydrogens is 337 g/mol. The lowest BCUT2D eigenvalue weighted by atomic mass is 10.1. The lowest BCUT2D eigenvalue weighted by Crippen LogP contribution is -2.12. The highest BCUT2D eigenvalue weighted by molar-refractivity contribution is 14.1. The lowest BCUT2D eigenvalue weighted by Gasteiger charge is -2.14. The van der Waals surface area contributed by atoms with Gasteiger partial charge in [-0.3, -0.25) is 0 Å². The van der Waals surface area contributed by atoms with E-state index in [9.17, 15) is 0 Å². The number of rotatable bonds is 6. The first-order chi connectivity index (χ1) is 8.43. The molecule has 102 valence electrons. The van der Waals surface area contributed by atoms with Crippen molar-refractivity contribution in [2.75, 3.05) is 11.9 Å². The second kappa shape index (κ2) is 7.26. The van der Waals surface area contributed by atoms with Crippen molar-refractivity contribution in [2.24, 2.45) is 11.8 Å². The largest absolute Gasteiger partial charge is 0.369 e. The highest BCUT2D eigenvalue weighted by atomic mass is 127. The van der Waals surface area contributed by atoms with Crippen LogP contribution in [0.1, 0.15) is 46.1 Å². The minimum atomic E-state index is 0.589. The fourth-order valence-electron chi connectivity index (χ4n) is 1.81. The molecule has 4 heteroatoms. The van der Waals surface area contributed by atoms with Gasteiger partial charge in [0.2, 0.25) is 0 Å². The maximum atomic E-state index is 4.74. The Hall–Kier alpha value is -0.390. The molecule has 0 radical (unpaired) electrons. The Balaban J connectivity index is 3.09. The molecule has 0 atom stereocenters. The molecule has 1 N–H and O–H groups in total. The average Bonchev–Trinajstić information content (AvgIpc) is 2.23. The predicted octanol–water partition coefficient (Wildman–Crippen LogP) is 3.91. The first-order valence-corrected chi connectivity index (χ1v) is 7.81. The van der Waals surface area contributed by atoms with E-state index in [0.29, 0.717) is 11.8 Å². The van der Waals surface area contributed by atoms with Gasteiger partial charge in [-0.2, -0.15) is 0 Å². The van der Waals surface area contributed by atoms with Crippen LogP contribution in [0, 0.1) is 15.4 Å². The molecule has 0 saturated carbocycles. The van der Waals surface area contributed by atoms with Crippen LogP contribution in [0.4, 0.5) is 5.82 Å². The molecule has 0 aromatic carbocycles. The lowest BCUT2D eigenvalue weighted by molar-refractivity contribution is 0.599. The van der Waals surface area contributed by atoms with Gasteiger partial charge in [0.05, 0.1) is 9.26 Å². The molecule has 0 amide bonds. The second-order valence-electron chi connectivity index (χ2n) is 5.48. The minimum absolute atomic E-state index is 0.589. The molecule has 0 spiro atoms. The van der Waals surface area contributed by atoms with Gasteiger partial charge in [0.1, 0.15) is 11.6 Å². The standard InChI is InChI=1S/C14H24IN3/c1-6-16-14-13(15)11(7-9(2)3)17-12(18-14)8-10(4)5/h9-10H,6-8H2,1-5H3,(H,16,17,18). The first-order valence-electron chi connectivity index (χ1n) is 6.73. The van der Waals surface area contributed by atoms with E-state index in [1.807, 2.05) is 0 Å². The van der Waals surface area contributed by atoms with Crippen LogP contribution in [0.3, 0.4) is 0 Å². The highest BCUT2D eigenvalue weighted by Gasteiger charge is 2.13. The Bertz CT molecular complexity index is 389. The van der Waals surface area contributed by atoms with E-state index in [4.69, 9.17) is 4.98 Å². The average molecular weight is 361 g/mol. The molecule has 1 aromatic heterocycles. The van der Waals surface area contributed by atoms with Crippen LogP contribution in [0.25, 0.3) is 0 Å². The van der Waals surface area contributed by atoms with E-state index >= 15 is 0 Å². The number of hydrogen-bond acceptors (Lipinski definition) is 3. The summed E-state index contributed by atoms with van der Waals surface area (Å²) in [5, 5.41) is 3.34. The number of halogens is 1. The smallest absolute Gasteiger partial charge is 0.143 e. The molecule has 1 heterocycles. The van der Waals surface area contributed by atoms with Gasteiger partial charge in [-0.1, -0.05) is 27.7 Å². The van der Waals surface area contributed by atoms with Crippen molar-refractivity contribution in [3.63, 3.8) is 0 Å². The van der Waals surface area contributed by atoms with E-state index in [1.54, 1.807) is 0 Å². The van der Waals surface area contributed by atoms with Gasteiger partial charge in [-0.15, -0.1) is 0 Å². The van der Waals surface area contributed by atoms with Gasteiger partial charge < -0.3 is 5.32 Å². The summed E-state index contributed by atoms with van der Waals surface area (Å²) < 4.78 is 1.18. The van der Waals surface area contributed by atoms with E-state index < -0.39 is 0 Å². The van der Waals surface area contributed by atoms with Crippen LogP contribution in [-0.4, -0.2) is 16.5 Å². The molecule has 0 bridgehead atoms. The van der Waals surface area contributed by atoms with Crippen LogP contribution in [0.5, 0.6) is 0 Å². The third kappa shape index (κ3) is 4.71. The van der Waals surface area contributed by atoms with Crippen molar-refractivity contribution in [3.05, 3.63) is 15.1 Å². The van der Waals surface area contributed by atoms with Crippen LogP contribution >= 0.6 is 22.6 Å². The van der Waals surface area contributed by atoms with Crippen LogP contribution in [-0.2, 0) is 12.8 Å². The summed E-state index contributed by atoms with van der Waals surface area (Å²) in [5.74, 6) is 3.18. The quantitative estimate of drug-likeness (QED) is 0.781. The van der Waals surface area contributed by atoms with Crippen molar-refractivity contribution >= 4 is 28.4 Å². The van der Waals surface area contributed by atoms with Crippen molar-refractivity contribution in [1.82, 2.24) is 9.97 Å². The van der Waals surface area contributed by atoms with Crippen LogP contribution < -0.4 is 5.32 Å². The summed E-state index contributed by atoms with van der Waals surface area (Å²) in [5.41, 5.74) is 1.19. The van der Waals surface area contributed by atoms with Crippen molar-refractivity contribution in [2.45, 2.75) is 47.5 Å². The Labute approximate surface area is 124 Å². The zero-order valence-corrected chi connectivity index (χ0v) is 14.2. The normalized spacial score (nSPS) is 11.3. The maximum Gasteiger partial charge on any atom is 0.143 e. The monoisotopic (exact) mass is 361 g/mol. The molecule has 3 nitrogen and oxygen atoms in total. The maximum absolute atomic E-state index is 4.74. The van der Waals surface area contributed by atoms with Crippen LogP contribution in [0.15, 0.2) is 0 Å². The van der Waals surface area contributed by atoms with Gasteiger partial charge in [0.15, 0.2) is 0 Å². The third-order valence-corrected chi connectivity index (χ3v) is 3.64. The molecule has 18 heavy (non-hydrogen) atoms. The van der Waals surface area contributed by atoms with Crippen molar-refractivity contribution in [3.8, 4) is 0 Å². The number of nitrogens with zero attached hydrogens (tertiary/aromatic N) is 2. The minimum Gasteiger partial charge on any atom is -0.369 e. The summed E-state index contributed by atoms with van der Waals surface area (Å²) in [4.78, 5) is 9.38. The Morgan fingerprint density at radius 3 is 2.17 bits per heavy atom. The molecular formula is C14H24IN3. The van der Waals surface area contributed by atoms with E-state index in [-0.39, 0.29) is 0 Å². The zero-order chi connectivity index (χ0) is 13.7. The number of nitrogens with one attached hydrogen (secondary N) is 1. The van der Waals surface area contributed by atoms with Crippen molar-refractivity contribution < 1.29 is 0 Å². The van der Waals surface area contributed by atoms with E-state index in [2.05, 4.69) is 67.5 Å². The molecule has 0 aliphatic rings. The molecule has 0 fully saturated rings. The van der Waals surface area contributed by atoms with Gasteiger partial charge in [-0.05, 0) is 47.8 Å². The predicted molar refractivity (Wildman–Crippen MR) is 86.0 cm³/mol. The topological polar surface area (TPSA) is 37.8 Å². The Morgan fingerprint density at radius 2 is 1.67 bits per heavy atom. The fraction of sp³-hybridized carbons (Fsp3) is 0.714. The molecule has 0 unspecified atom stereocenters. The van der Waals surface area contributed by atoms with Crippen molar-refractivity contribution in [1.29, 1.82) is 0 Å². The zero-order valence-electron chi connectivity index (χ0n) is 12.0. The first kappa shape index (κ1) is 15.7. The Kier molecular flexibility index (Phi) is 6.32. The molecule has 1 aromatic rings. The second-order valence-corrected chi connectivity index (χ2v) is 6.55.